The van der Waals surface area contributed by atoms with Crippen LogP contribution in [-0.2, 0) is 12.8 Å². The van der Waals surface area contributed by atoms with Crippen molar-refractivity contribution in [2.75, 3.05) is 12.3 Å². The zero-order valence-electron chi connectivity index (χ0n) is 11.4. The molecule has 96 valence electrons. The van der Waals surface area contributed by atoms with Crippen LogP contribution < -0.4 is 40.6 Å². The van der Waals surface area contributed by atoms with E-state index >= 15 is 0 Å². The van der Waals surface area contributed by atoms with Gasteiger partial charge in [-0.1, -0.05) is 6.92 Å². The van der Waals surface area contributed by atoms with Gasteiger partial charge in [0, 0.05) is 10.9 Å². The van der Waals surface area contributed by atoms with Crippen LogP contribution in [0.5, 0.6) is 0 Å². The predicted molar refractivity (Wildman–Crippen MR) is 76.2 cm³/mol. The molecule has 0 radical (unpaired) electrons. The Morgan fingerprint density at radius 3 is 2.88 bits per heavy atom. The van der Waals surface area contributed by atoms with Crippen molar-refractivity contribution in [3.8, 4) is 0 Å². The molecule has 0 fully saturated rings. The number of anilines is 1. The number of nitrogen functional groups attached to an aromatic ring is 1. The van der Waals surface area contributed by atoms with Crippen LogP contribution >= 0.6 is 36.2 Å². The minimum Gasteiger partial charge on any atom is -1.00 e. The van der Waals surface area contributed by atoms with Crippen molar-refractivity contribution >= 4 is 41.3 Å². The molecule has 0 amide bonds. The summed E-state index contributed by atoms with van der Waals surface area (Å²) in [6.07, 6.45) is 4.61. The number of nitrogens with zero attached hydrogens (tertiary/aromatic N) is 1. The Morgan fingerprint density at radius 2 is 2.24 bits per heavy atom. The van der Waals surface area contributed by atoms with Crippen molar-refractivity contribution in [2.45, 2.75) is 38.6 Å². The summed E-state index contributed by atoms with van der Waals surface area (Å²) < 4.78 is 0. The van der Waals surface area contributed by atoms with Gasteiger partial charge in [0.15, 0.2) is 5.13 Å². The van der Waals surface area contributed by atoms with E-state index in [4.69, 9.17) is 5.73 Å². The van der Waals surface area contributed by atoms with E-state index in [1.807, 2.05) is 0 Å². The number of thiazole rings is 1. The fourth-order valence-corrected chi connectivity index (χ4v) is 2.88. The number of hydrogen-bond donors (Lipinski definition) is 2. The average molecular weight is 308 g/mol. The van der Waals surface area contributed by atoms with Crippen LogP contribution in [0.25, 0.3) is 0 Å². The minimum absolute atomic E-state index is 0. The average Bonchev–Trinajstić information content (AvgIpc) is 2.54. The van der Waals surface area contributed by atoms with Gasteiger partial charge in [0.1, 0.15) is 0 Å². The molecule has 1 aromatic rings. The normalized spacial score (nSPS) is 17.1. The standard InChI is InChI=1S/C10H17N3S.2ClH.Na.H/c1-2-5-12-7-3-4-8-9(6-7)14-10(11)13-8;;;;/h7,12H,2-6H2,1H3,(H2,11,13);2*1H;;/q;;;+1;-1/t7-;;;;/m0..../s1. The fourth-order valence-electron chi connectivity index (χ4n) is 1.92. The Kier molecular flexibility index (Phi) is 11.7. The van der Waals surface area contributed by atoms with Gasteiger partial charge >= 0.3 is 29.6 Å². The number of fused-ring (bicyclic) bond motifs is 1. The van der Waals surface area contributed by atoms with Gasteiger partial charge in [0.25, 0.3) is 0 Å². The van der Waals surface area contributed by atoms with Crippen LogP contribution in [-0.4, -0.2) is 17.6 Å². The maximum Gasteiger partial charge on any atom is 1.00 e. The summed E-state index contributed by atoms with van der Waals surface area (Å²) in [5.74, 6) is 0. The summed E-state index contributed by atoms with van der Waals surface area (Å²) in [6, 6.07) is 0.641. The molecule has 2 rings (SSSR count). The third-order valence-electron chi connectivity index (χ3n) is 2.64. The molecule has 1 atom stereocenters. The molecule has 1 heterocycles. The number of nitrogens with two attached hydrogens (primary N) is 1. The van der Waals surface area contributed by atoms with Crippen molar-refractivity contribution < 1.29 is 31.0 Å². The van der Waals surface area contributed by atoms with Gasteiger partial charge in [-0.3, -0.25) is 0 Å². The molecule has 7 heteroatoms. The molecule has 0 saturated carbocycles. The van der Waals surface area contributed by atoms with E-state index in [2.05, 4.69) is 17.2 Å². The summed E-state index contributed by atoms with van der Waals surface area (Å²) in [7, 11) is 0. The first-order chi connectivity index (χ1) is 6.79. The first kappa shape index (κ1) is 20.3. The third kappa shape index (κ3) is 5.64. The van der Waals surface area contributed by atoms with Crippen molar-refractivity contribution in [2.24, 2.45) is 0 Å². The van der Waals surface area contributed by atoms with Gasteiger partial charge in [-0.05, 0) is 32.2 Å². The Hall–Kier alpha value is 0.970. The Balaban J connectivity index is -0.000000562. The van der Waals surface area contributed by atoms with E-state index < -0.39 is 0 Å². The molecular weight excluding hydrogens is 288 g/mol. The van der Waals surface area contributed by atoms with Gasteiger partial charge < -0.3 is 12.5 Å². The number of aromatic nitrogens is 1. The van der Waals surface area contributed by atoms with Crippen LogP contribution in [0.2, 0.25) is 0 Å². The van der Waals surface area contributed by atoms with Crippen molar-refractivity contribution in [3.05, 3.63) is 10.6 Å². The molecule has 0 unspecified atom stereocenters. The molecule has 3 N–H and O–H groups in total. The first-order valence-electron chi connectivity index (χ1n) is 5.27. The quantitative estimate of drug-likeness (QED) is 0.743. The van der Waals surface area contributed by atoms with Crippen LogP contribution in [0.3, 0.4) is 0 Å². The molecule has 0 saturated heterocycles. The second kappa shape index (κ2) is 9.84. The molecule has 1 aromatic heterocycles. The maximum atomic E-state index is 5.69. The van der Waals surface area contributed by atoms with E-state index in [0.29, 0.717) is 6.04 Å². The molecular formula is C10H20Cl2N3NaS. The monoisotopic (exact) mass is 307 g/mol. The van der Waals surface area contributed by atoms with Crippen molar-refractivity contribution in [1.82, 2.24) is 10.3 Å². The van der Waals surface area contributed by atoms with Crippen LogP contribution in [0.1, 0.15) is 31.8 Å². The number of nitrogens with one attached hydrogen (secondary N) is 1. The molecule has 0 aliphatic heterocycles. The summed E-state index contributed by atoms with van der Waals surface area (Å²) in [5.41, 5.74) is 6.93. The summed E-state index contributed by atoms with van der Waals surface area (Å²) in [4.78, 5) is 5.73. The number of rotatable bonds is 3. The molecule has 0 spiro atoms. The van der Waals surface area contributed by atoms with E-state index in [1.165, 1.54) is 23.4 Å². The smallest absolute Gasteiger partial charge is 1.00 e. The maximum absolute atomic E-state index is 5.69. The van der Waals surface area contributed by atoms with Crippen LogP contribution in [0, 0.1) is 0 Å². The van der Waals surface area contributed by atoms with E-state index in [1.54, 1.807) is 11.3 Å². The minimum atomic E-state index is 0. The zero-order chi connectivity index (χ0) is 9.97. The Bertz CT molecular complexity index is 328. The molecule has 1 aliphatic rings. The molecule has 0 bridgehead atoms. The topological polar surface area (TPSA) is 50.9 Å². The molecule has 1 aliphatic carbocycles. The van der Waals surface area contributed by atoms with Gasteiger partial charge in [0.2, 0.25) is 0 Å². The largest absolute Gasteiger partial charge is 1.00 e. The van der Waals surface area contributed by atoms with Gasteiger partial charge in [0.05, 0.1) is 5.69 Å². The number of aryl methyl sites for hydroxylation is 1. The second-order valence-electron chi connectivity index (χ2n) is 3.82. The van der Waals surface area contributed by atoms with E-state index in [0.717, 1.165) is 24.5 Å². The molecule has 17 heavy (non-hydrogen) atoms. The van der Waals surface area contributed by atoms with Crippen LogP contribution in [0.15, 0.2) is 0 Å². The molecule has 0 aromatic carbocycles. The van der Waals surface area contributed by atoms with Gasteiger partial charge in [-0.15, -0.1) is 36.2 Å². The number of halogens is 2. The van der Waals surface area contributed by atoms with E-state index in [9.17, 15) is 0 Å². The fraction of sp³-hybridized carbons (Fsp3) is 0.700. The Labute approximate surface area is 143 Å². The predicted octanol–water partition coefficient (Wildman–Crippen LogP) is -0.458. The first-order valence-corrected chi connectivity index (χ1v) is 6.08. The van der Waals surface area contributed by atoms with Gasteiger partial charge in [-0.25, -0.2) is 4.98 Å². The summed E-state index contributed by atoms with van der Waals surface area (Å²) in [5, 5.41) is 4.29. The summed E-state index contributed by atoms with van der Waals surface area (Å²) >= 11 is 1.65. The van der Waals surface area contributed by atoms with Crippen LogP contribution in [0.4, 0.5) is 5.13 Å². The summed E-state index contributed by atoms with van der Waals surface area (Å²) in [6.45, 7) is 3.32. The van der Waals surface area contributed by atoms with Gasteiger partial charge in [-0.2, -0.15) is 0 Å². The Morgan fingerprint density at radius 1 is 1.53 bits per heavy atom. The zero-order valence-corrected chi connectivity index (χ0v) is 14.8. The van der Waals surface area contributed by atoms with Crippen molar-refractivity contribution in [3.63, 3.8) is 0 Å². The third-order valence-corrected chi connectivity index (χ3v) is 3.59. The second-order valence-corrected chi connectivity index (χ2v) is 4.93. The SMILES string of the molecule is CCCN[C@H]1CCc2nc(N)sc2C1.Cl.Cl.[H-].[Na+]. The van der Waals surface area contributed by atoms with Crippen molar-refractivity contribution in [1.29, 1.82) is 0 Å². The van der Waals surface area contributed by atoms with E-state index in [-0.39, 0.29) is 55.8 Å². The number of hydrogen-bond acceptors (Lipinski definition) is 4. The molecule has 3 nitrogen and oxygen atoms in total.